The topological polar surface area (TPSA) is 87.0 Å². The molecule has 7 heteroatoms. The Balaban J connectivity index is 1.38. The van der Waals surface area contributed by atoms with E-state index in [0.29, 0.717) is 32.5 Å². The van der Waals surface area contributed by atoms with Gasteiger partial charge in [-0.2, -0.15) is 5.10 Å². The molecule has 1 aromatic carbocycles. The number of amides is 1. The molecular weight excluding hydrogens is 342 g/mol. The highest BCUT2D eigenvalue weighted by Gasteiger charge is 2.34. The quantitative estimate of drug-likeness (QED) is 0.720. The number of aromatic amines is 1. The SMILES string of the molecule is Cc1cc(C[C@@H]2CN(C(=O)CCn3c(C)nc4ccccc43)C[C@H]2O)n[nH]1. The maximum atomic E-state index is 12.7. The van der Waals surface area contributed by atoms with E-state index < -0.39 is 6.10 Å². The summed E-state index contributed by atoms with van der Waals surface area (Å²) in [4.78, 5) is 19.0. The predicted molar refractivity (Wildman–Crippen MR) is 102 cm³/mol. The maximum Gasteiger partial charge on any atom is 0.224 e. The van der Waals surface area contributed by atoms with E-state index in [4.69, 9.17) is 0 Å². The first-order valence-corrected chi connectivity index (χ1v) is 9.40. The molecule has 1 saturated heterocycles. The standard InChI is InChI=1S/C20H25N5O2/c1-13-9-16(23-22-13)10-15-11-24(12-19(15)26)20(27)7-8-25-14(2)21-17-5-3-4-6-18(17)25/h3-6,9,15,19,26H,7-8,10-12H2,1-2H3,(H,22,23)/t15-,19-/m1/s1. The summed E-state index contributed by atoms with van der Waals surface area (Å²) in [5.41, 5.74) is 3.95. The summed E-state index contributed by atoms with van der Waals surface area (Å²) in [6.45, 7) is 5.50. The Morgan fingerprint density at radius 1 is 1.30 bits per heavy atom. The number of nitrogens with zero attached hydrogens (tertiary/aromatic N) is 4. The molecule has 0 radical (unpaired) electrons. The third-order valence-electron chi connectivity index (χ3n) is 5.38. The minimum absolute atomic E-state index is 0.0347. The highest BCUT2D eigenvalue weighted by atomic mass is 16.3. The third-order valence-corrected chi connectivity index (χ3v) is 5.38. The van der Waals surface area contributed by atoms with E-state index >= 15 is 0 Å². The zero-order valence-electron chi connectivity index (χ0n) is 15.7. The van der Waals surface area contributed by atoms with Crippen LogP contribution in [0.15, 0.2) is 30.3 Å². The van der Waals surface area contributed by atoms with Gasteiger partial charge in [0.2, 0.25) is 5.91 Å². The lowest BCUT2D eigenvalue weighted by Crippen LogP contribution is -2.30. The van der Waals surface area contributed by atoms with Crippen molar-refractivity contribution in [3.05, 3.63) is 47.5 Å². The molecule has 0 unspecified atom stereocenters. The van der Waals surface area contributed by atoms with Crippen LogP contribution < -0.4 is 0 Å². The number of β-amino-alcohol motifs (C(OH)–C–C–N with tert-alkyl or cyclic N) is 1. The van der Waals surface area contributed by atoms with Gasteiger partial charge in [-0.15, -0.1) is 0 Å². The Kier molecular flexibility index (Phi) is 4.70. The zero-order valence-corrected chi connectivity index (χ0v) is 15.7. The molecule has 1 fully saturated rings. The molecule has 7 nitrogen and oxygen atoms in total. The first-order chi connectivity index (χ1) is 13.0. The minimum Gasteiger partial charge on any atom is -0.391 e. The highest BCUT2D eigenvalue weighted by Crippen LogP contribution is 2.22. The molecule has 1 amide bonds. The fraction of sp³-hybridized carbons (Fsp3) is 0.450. The van der Waals surface area contributed by atoms with Crippen LogP contribution in [0.4, 0.5) is 0 Å². The third kappa shape index (κ3) is 3.60. The molecular formula is C20H25N5O2. The molecule has 142 valence electrons. The number of carbonyl (C=O) groups is 1. The van der Waals surface area contributed by atoms with Crippen LogP contribution in [0.25, 0.3) is 11.0 Å². The average Bonchev–Trinajstić information content (AvgIpc) is 3.31. The van der Waals surface area contributed by atoms with Crippen LogP contribution in [0.1, 0.15) is 23.6 Å². The smallest absolute Gasteiger partial charge is 0.224 e. The van der Waals surface area contributed by atoms with Crippen LogP contribution in [0.2, 0.25) is 0 Å². The Morgan fingerprint density at radius 2 is 2.11 bits per heavy atom. The number of likely N-dealkylation sites (tertiary alicyclic amines) is 1. The molecule has 0 aliphatic carbocycles. The zero-order chi connectivity index (χ0) is 19.0. The lowest BCUT2D eigenvalue weighted by Gasteiger charge is -2.16. The number of imidazole rings is 1. The first-order valence-electron chi connectivity index (χ1n) is 9.40. The van der Waals surface area contributed by atoms with Crippen molar-refractivity contribution >= 4 is 16.9 Å². The average molecular weight is 367 g/mol. The summed E-state index contributed by atoms with van der Waals surface area (Å²) in [6.07, 6.45) is 0.588. The summed E-state index contributed by atoms with van der Waals surface area (Å²) in [5.74, 6) is 1.02. The summed E-state index contributed by atoms with van der Waals surface area (Å²) in [7, 11) is 0. The van der Waals surface area contributed by atoms with Crippen molar-refractivity contribution < 1.29 is 9.90 Å². The highest BCUT2D eigenvalue weighted by molar-refractivity contribution is 5.78. The first kappa shape index (κ1) is 17.7. The molecule has 2 N–H and O–H groups in total. The molecule has 1 aliphatic rings. The van der Waals surface area contributed by atoms with Gasteiger partial charge in [-0.3, -0.25) is 9.89 Å². The Labute approximate surface area is 158 Å². The number of aryl methyl sites for hydroxylation is 3. The van der Waals surface area contributed by atoms with Crippen molar-refractivity contribution in [3.8, 4) is 0 Å². The number of hydrogen-bond donors (Lipinski definition) is 2. The van der Waals surface area contributed by atoms with Gasteiger partial charge in [0.1, 0.15) is 5.82 Å². The molecule has 3 aromatic rings. The maximum absolute atomic E-state index is 12.7. The lowest BCUT2D eigenvalue weighted by atomic mass is 10.0. The number of fused-ring (bicyclic) bond motifs is 1. The van der Waals surface area contributed by atoms with Crippen molar-refractivity contribution in [2.75, 3.05) is 13.1 Å². The van der Waals surface area contributed by atoms with Crippen LogP contribution in [0.5, 0.6) is 0 Å². The molecule has 0 saturated carbocycles. The van der Waals surface area contributed by atoms with Gasteiger partial charge in [0.05, 0.1) is 22.8 Å². The molecule has 0 spiro atoms. The van der Waals surface area contributed by atoms with Gasteiger partial charge in [-0.1, -0.05) is 12.1 Å². The molecule has 2 aromatic heterocycles. The lowest BCUT2D eigenvalue weighted by molar-refractivity contribution is -0.130. The van der Waals surface area contributed by atoms with E-state index in [1.807, 2.05) is 44.2 Å². The molecule has 2 atom stereocenters. The Hall–Kier alpha value is -2.67. The molecule has 0 bridgehead atoms. The van der Waals surface area contributed by atoms with E-state index in [2.05, 4.69) is 19.7 Å². The fourth-order valence-electron chi connectivity index (χ4n) is 3.95. The van der Waals surface area contributed by atoms with Gasteiger partial charge in [-0.05, 0) is 38.5 Å². The minimum atomic E-state index is -0.498. The summed E-state index contributed by atoms with van der Waals surface area (Å²) < 4.78 is 2.09. The number of carbonyl (C=O) groups excluding carboxylic acids is 1. The summed E-state index contributed by atoms with van der Waals surface area (Å²) in [5, 5.41) is 17.5. The molecule has 3 heterocycles. The second kappa shape index (κ2) is 7.15. The fourth-order valence-corrected chi connectivity index (χ4v) is 3.95. The van der Waals surface area contributed by atoms with Crippen LogP contribution >= 0.6 is 0 Å². The van der Waals surface area contributed by atoms with Gasteiger partial charge in [-0.25, -0.2) is 4.98 Å². The van der Waals surface area contributed by atoms with Gasteiger partial charge in [0.25, 0.3) is 0 Å². The van der Waals surface area contributed by atoms with Crippen LogP contribution in [-0.4, -0.2) is 54.9 Å². The van der Waals surface area contributed by atoms with Gasteiger partial charge >= 0.3 is 0 Å². The van der Waals surface area contributed by atoms with Crippen molar-refractivity contribution in [1.82, 2.24) is 24.6 Å². The van der Waals surface area contributed by atoms with Crippen molar-refractivity contribution in [2.45, 2.75) is 39.3 Å². The second-order valence-corrected chi connectivity index (χ2v) is 7.42. The number of aliphatic hydroxyl groups is 1. The number of H-pyrrole nitrogens is 1. The van der Waals surface area contributed by atoms with E-state index in [1.54, 1.807) is 4.90 Å². The molecule has 27 heavy (non-hydrogen) atoms. The van der Waals surface area contributed by atoms with Crippen LogP contribution in [0.3, 0.4) is 0 Å². The number of rotatable bonds is 5. The van der Waals surface area contributed by atoms with Crippen LogP contribution in [0, 0.1) is 19.8 Å². The molecule has 1 aliphatic heterocycles. The summed E-state index contributed by atoms with van der Waals surface area (Å²) >= 11 is 0. The van der Waals surface area contributed by atoms with E-state index in [-0.39, 0.29) is 11.8 Å². The van der Waals surface area contributed by atoms with E-state index in [1.165, 1.54) is 0 Å². The molecule has 4 rings (SSSR count). The van der Waals surface area contributed by atoms with Gasteiger partial charge in [0, 0.05) is 37.7 Å². The number of aromatic nitrogens is 4. The van der Waals surface area contributed by atoms with Gasteiger partial charge < -0.3 is 14.6 Å². The Bertz CT molecular complexity index is 960. The Morgan fingerprint density at radius 3 is 2.89 bits per heavy atom. The predicted octanol–water partition coefficient (Wildman–Crippen LogP) is 1.83. The van der Waals surface area contributed by atoms with E-state index in [0.717, 1.165) is 28.2 Å². The monoisotopic (exact) mass is 367 g/mol. The number of para-hydroxylation sites is 2. The van der Waals surface area contributed by atoms with Crippen LogP contribution in [-0.2, 0) is 17.8 Å². The number of benzene rings is 1. The van der Waals surface area contributed by atoms with Crippen molar-refractivity contribution in [1.29, 1.82) is 0 Å². The number of nitrogens with one attached hydrogen (secondary N) is 1. The number of aliphatic hydroxyl groups excluding tert-OH is 1. The summed E-state index contributed by atoms with van der Waals surface area (Å²) in [6, 6.07) is 9.96. The largest absolute Gasteiger partial charge is 0.391 e. The van der Waals surface area contributed by atoms with E-state index in [9.17, 15) is 9.90 Å². The van der Waals surface area contributed by atoms with Crippen molar-refractivity contribution in [3.63, 3.8) is 0 Å². The second-order valence-electron chi connectivity index (χ2n) is 7.42. The van der Waals surface area contributed by atoms with Crippen molar-refractivity contribution in [2.24, 2.45) is 5.92 Å². The number of hydrogen-bond acceptors (Lipinski definition) is 4. The van der Waals surface area contributed by atoms with Gasteiger partial charge in [0.15, 0.2) is 0 Å². The normalized spacial score (nSPS) is 19.9.